The average Bonchev–Trinajstić information content (AvgIpc) is 2.71. The molecule has 0 aliphatic rings. The average molecular weight is 458 g/mol. The molecule has 0 saturated heterocycles. The summed E-state index contributed by atoms with van der Waals surface area (Å²) in [6.07, 6.45) is 0. The molecule has 0 spiro atoms. The fourth-order valence-corrected chi connectivity index (χ4v) is 4.69. The second-order valence-electron chi connectivity index (χ2n) is 6.57. The standard InChI is InChI=1S/C20H14N2O7S2/c23-20-15-8-4-3-7-14(15)19(31(27,28)29)11-17(20)22-21-16-9-10-18(30(24,25)26)13-6-2-1-5-12(13)16/h1-11,23H,(H,24,25,26)(H,27,28,29)/b22-21+. The van der Waals surface area contributed by atoms with Crippen molar-refractivity contribution in [2.45, 2.75) is 9.79 Å². The molecule has 158 valence electrons. The van der Waals surface area contributed by atoms with Crippen LogP contribution in [0.5, 0.6) is 5.75 Å². The molecule has 0 fully saturated rings. The van der Waals surface area contributed by atoms with Gasteiger partial charge in [0.2, 0.25) is 0 Å². The maximum Gasteiger partial charge on any atom is 0.295 e. The van der Waals surface area contributed by atoms with E-state index in [1.165, 1.54) is 24.3 Å². The van der Waals surface area contributed by atoms with Crippen LogP contribution in [0.3, 0.4) is 0 Å². The van der Waals surface area contributed by atoms with Crippen LogP contribution in [0, 0.1) is 0 Å². The Labute approximate surface area is 176 Å². The minimum atomic E-state index is -4.62. The summed E-state index contributed by atoms with van der Waals surface area (Å²) in [6, 6.07) is 15.8. The number of nitrogens with zero attached hydrogens (tertiary/aromatic N) is 2. The van der Waals surface area contributed by atoms with Crippen LogP contribution in [0.2, 0.25) is 0 Å². The van der Waals surface area contributed by atoms with Crippen LogP contribution in [-0.2, 0) is 20.2 Å². The predicted molar refractivity (Wildman–Crippen MR) is 113 cm³/mol. The molecule has 31 heavy (non-hydrogen) atoms. The predicted octanol–water partition coefficient (Wildman–Crippen LogP) is 4.61. The Morgan fingerprint density at radius 2 is 1.06 bits per heavy atom. The SMILES string of the molecule is O=S(=O)(O)c1ccc(/N=N/c2cc(S(=O)(=O)O)c3ccccc3c2O)c2ccccc12. The summed E-state index contributed by atoms with van der Waals surface area (Å²) in [5.74, 6) is -0.342. The van der Waals surface area contributed by atoms with E-state index in [0.717, 1.165) is 12.1 Å². The van der Waals surface area contributed by atoms with Crippen LogP contribution >= 0.6 is 0 Å². The normalized spacial score (nSPS) is 12.7. The first-order chi connectivity index (χ1) is 14.6. The zero-order valence-corrected chi connectivity index (χ0v) is 17.2. The summed E-state index contributed by atoms with van der Waals surface area (Å²) in [5.41, 5.74) is -0.00164. The molecule has 0 amide bonds. The second-order valence-corrected chi connectivity index (χ2v) is 9.35. The van der Waals surface area contributed by atoms with Gasteiger partial charge in [0.25, 0.3) is 20.2 Å². The van der Waals surface area contributed by atoms with Gasteiger partial charge in [0, 0.05) is 21.5 Å². The first-order valence-electron chi connectivity index (χ1n) is 8.70. The van der Waals surface area contributed by atoms with Crippen LogP contribution in [0.15, 0.2) is 86.7 Å². The third-order valence-corrected chi connectivity index (χ3v) is 6.45. The van der Waals surface area contributed by atoms with E-state index in [1.54, 1.807) is 30.3 Å². The third-order valence-electron chi connectivity index (χ3n) is 4.64. The fraction of sp³-hybridized carbons (Fsp3) is 0. The number of fused-ring (bicyclic) bond motifs is 2. The van der Waals surface area contributed by atoms with E-state index < -0.39 is 25.1 Å². The van der Waals surface area contributed by atoms with Crippen molar-refractivity contribution < 1.29 is 31.0 Å². The van der Waals surface area contributed by atoms with Gasteiger partial charge < -0.3 is 5.11 Å². The van der Waals surface area contributed by atoms with Gasteiger partial charge in [0.05, 0.1) is 5.69 Å². The van der Waals surface area contributed by atoms with E-state index in [-0.39, 0.29) is 38.2 Å². The molecule has 9 nitrogen and oxygen atoms in total. The van der Waals surface area contributed by atoms with Crippen molar-refractivity contribution in [2.24, 2.45) is 10.2 Å². The minimum absolute atomic E-state index is 0.115. The topological polar surface area (TPSA) is 154 Å². The number of phenols is 1. The molecular weight excluding hydrogens is 444 g/mol. The van der Waals surface area contributed by atoms with Gasteiger partial charge >= 0.3 is 0 Å². The van der Waals surface area contributed by atoms with E-state index in [4.69, 9.17) is 0 Å². The van der Waals surface area contributed by atoms with Crippen LogP contribution in [-0.4, -0.2) is 31.0 Å². The van der Waals surface area contributed by atoms with Crippen molar-refractivity contribution in [1.29, 1.82) is 0 Å². The van der Waals surface area contributed by atoms with Gasteiger partial charge in [0.1, 0.15) is 15.5 Å². The lowest BCUT2D eigenvalue weighted by molar-refractivity contribution is 0.479. The number of hydrogen-bond acceptors (Lipinski definition) is 7. The summed E-state index contributed by atoms with van der Waals surface area (Å²) >= 11 is 0. The Balaban J connectivity index is 1.93. The Morgan fingerprint density at radius 1 is 0.581 bits per heavy atom. The number of aromatic hydroxyl groups is 1. The molecule has 0 radical (unpaired) electrons. The van der Waals surface area contributed by atoms with Crippen molar-refractivity contribution >= 4 is 53.2 Å². The Kier molecular flexibility index (Phi) is 4.98. The van der Waals surface area contributed by atoms with Crippen molar-refractivity contribution in [3.05, 3.63) is 66.7 Å². The second kappa shape index (κ2) is 7.39. The van der Waals surface area contributed by atoms with Crippen molar-refractivity contribution in [1.82, 2.24) is 0 Å². The van der Waals surface area contributed by atoms with E-state index in [1.807, 2.05) is 0 Å². The quantitative estimate of drug-likeness (QED) is 0.298. The highest BCUT2D eigenvalue weighted by atomic mass is 32.2. The van der Waals surface area contributed by atoms with Gasteiger partial charge in [-0.3, -0.25) is 9.11 Å². The van der Waals surface area contributed by atoms with E-state index in [0.29, 0.717) is 5.39 Å². The zero-order valence-electron chi connectivity index (χ0n) is 15.5. The highest BCUT2D eigenvalue weighted by Gasteiger charge is 2.20. The lowest BCUT2D eigenvalue weighted by Crippen LogP contribution is -1.99. The van der Waals surface area contributed by atoms with Gasteiger partial charge in [-0.15, -0.1) is 10.2 Å². The first-order valence-corrected chi connectivity index (χ1v) is 11.6. The molecule has 0 unspecified atom stereocenters. The number of azo groups is 1. The number of rotatable bonds is 4. The highest BCUT2D eigenvalue weighted by Crippen LogP contribution is 2.40. The molecule has 0 atom stereocenters. The summed E-state index contributed by atoms with van der Waals surface area (Å²) < 4.78 is 65.9. The maximum absolute atomic E-state index is 11.8. The van der Waals surface area contributed by atoms with Gasteiger partial charge in [-0.25, -0.2) is 0 Å². The lowest BCUT2D eigenvalue weighted by atomic mass is 10.1. The van der Waals surface area contributed by atoms with Gasteiger partial charge in [-0.05, 0) is 18.2 Å². The molecule has 4 aromatic carbocycles. The van der Waals surface area contributed by atoms with Crippen molar-refractivity contribution in [3.8, 4) is 5.75 Å². The van der Waals surface area contributed by atoms with Crippen molar-refractivity contribution in [2.75, 3.05) is 0 Å². The monoisotopic (exact) mass is 458 g/mol. The van der Waals surface area contributed by atoms with Crippen LogP contribution in [0.1, 0.15) is 0 Å². The zero-order chi connectivity index (χ0) is 22.4. The third kappa shape index (κ3) is 3.86. The largest absolute Gasteiger partial charge is 0.505 e. The molecule has 4 aromatic rings. The summed E-state index contributed by atoms with van der Waals surface area (Å²) in [7, 11) is -9.09. The molecule has 4 rings (SSSR count). The highest BCUT2D eigenvalue weighted by molar-refractivity contribution is 7.86. The van der Waals surface area contributed by atoms with E-state index in [9.17, 15) is 31.0 Å². The van der Waals surface area contributed by atoms with Gasteiger partial charge in [-0.2, -0.15) is 16.8 Å². The summed E-state index contributed by atoms with van der Waals surface area (Å²) in [4.78, 5) is -0.745. The summed E-state index contributed by atoms with van der Waals surface area (Å²) in [5, 5.41) is 19.3. The Bertz CT molecular complexity index is 1600. The molecule has 0 saturated carbocycles. The minimum Gasteiger partial charge on any atom is -0.505 e. The molecule has 3 N–H and O–H groups in total. The summed E-state index contributed by atoms with van der Waals surface area (Å²) in [6.45, 7) is 0. The number of phenolic OH excluding ortho intramolecular Hbond substituents is 1. The van der Waals surface area contributed by atoms with Gasteiger partial charge in [0.15, 0.2) is 5.75 Å². The van der Waals surface area contributed by atoms with Crippen molar-refractivity contribution in [3.63, 3.8) is 0 Å². The van der Waals surface area contributed by atoms with Crippen LogP contribution in [0.4, 0.5) is 11.4 Å². The van der Waals surface area contributed by atoms with E-state index >= 15 is 0 Å². The molecule has 0 aliphatic heterocycles. The lowest BCUT2D eigenvalue weighted by Gasteiger charge is -2.09. The van der Waals surface area contributed by atoms with Gasteiger partial charge in [-0.1, -0.05) is 48.5 Å². The fourth-order valence-electron chi connectivity index (χ4n) is 3.28. The molecule has 0 aliphatic carbocycles. The van der Waals surface area contributed by atoms with E-state index in [2.05, 4.69) is 10.2 Å². The Hall–Kier alpha value is -3.38. The Morgan fingerprint density at radius 3 is 1.65 bits per heavy atom. The van der Waals surface area contributed by atoms with Crippen LogP contribution < -0.4 is 0 Å². The first kappa shape index (κ1) is 20.9. The number of hydrogen-bond donors (Lipinski definition) is 3. The number of benzene rings is 4. The maximum atomic E-state index is 11.8. The molecule has 0 bridgehead atoms. The van der Waals surface area contributed by atoms with Crippen LogP contribution in [0.25, 0.3) is 21.5 Å². The smallest absolute Gasteiger partial charge is 0.295 e. The molecular formula is C20H14N2O7S2. The molecule has 0 heterocycles. The molecule has 11 heteroatoms. The molecule has 0 aromatic heterocycles.